The van der Waals surface area contributed by atoms with E-state index >= 15 is 0 Å². The molecule has 0 bridgehead atoms. The van der Waals surface area contributed by atoms with Crippen LogP contribution in [0.3, 0.4) is 0 Å². The Kier molecular flexibility index (Phi) is 5.20. The molecular weight excluding hydrogens is 239 g/mol. The van der Waals surface area contributed by atoms with Crippen molar-refractivity contribution in [1.82, 2.24) is 4.90 Å². The van der Waals surface area contributed by atoms with Gasteiger partial charge in [-0.1, -0.05) is 0 Å². The summed E-state index contributed by atoms with van der Waals surface area (Å²) in [5.41, 5.74) is 0. The van der Waals surface area contributed by atoms with E-state index < -0.39 is 18.8 Å². The van der Waals surface area contributed by atoms with Crippen LogP contribution in [0.4, 0.5) is 13.2 Å². The topological polar surface area (TPSA) is 49.8 Å². The molecule has 1 heterocycles. The van der Waals surface area contributed by atoms with Crippen molar-refractivity contribution < 1.29 is 27.8 Å². The van der Waals surface area contributed by atoms with Crippen LogP contribution in [0.1, 0.15) is 12.8 Å². The first-order valence-corrected chi connectivity index (χ1v) is 5.48. The summed E-state index contributed by atoms with van der Waals surface area (Å²) < 4.78 is 39.6. The maximum absolute atomic E-state index is 11.7. The van der Waals surface area contributed by atoms with Gasteiger partial charge >= 0.3 is 12.1 Å². The molecule has 0 spiro atoms. The number of carbonyl (C=O) groups is 1. The number of hydrogen-bond donors (Lipinski definition) is 1. The third-order valence-corrected chi connectivity index (χ3v) is 2.65. The Morgan fingerprint density at radius 1 is 1.47 bits per heavy atom. The molecule has 1 saturated heterocycles. The average molecular weight is 255 g/mol. The molecule has 7 heteroatoms. The summed E-state index contributed by atoms with van der Waals surface area (Å²) in [4.78, 5) is 12.6. The Balaban J connectivity index is 2.03. The van der Waals surface area contributed by atoms with Gasteiger partial charge in [-0.2, -0.15) is 13.2 Å². The van der Waals surface area contributed by atoms with Crippen LogP contribution in [0.15, 0.2) is 0 Å². The van der Waals surface area contributed by atoms with Gasteiger partial charge in [-0.3, -0.25) is 4.79 Å². The molecule has 0 saturated carbocycles. The summed E-state index contributed by atoms with van der Waals surface area (Å²) in [6.45, 7) is 0.588. The minimum Gasteiger partial charge on any atom is -0.481 e. The molecule has 1 fully saturated rings. The van der Waals surface area contributed by atoms with Crippen molar-refractivity contribution in [3.8, 4) is 0 Å². The summed E-state index contributed by atoms with van der Waals surface area (Å²) in [6.07, 6.45) is -3.18. The predicted octanol–water partition coefficient (Wildman–Crippen LogP) is 1.36. The Bertz CT molecular complexity index is 258. The summed E-state index contributed by atoms with van der Waals surface area (Å²) in [5.74, 6) is -1.15. The smallest absolute Gasteiger partial charge is 0.411 e. The first kappa shape index (κ1) is 14.2. The number of nitrogens with zero attached hydrogens (tertiary/aromatic N) is 1. The van der Waals surface area contributed by atoms with Crippen molar-refractivity contribution in [2.45, 2.75) is 19.0 Å². The van der Waals surface area contributed by atoms with Crippen LogP contribution in [-0.4, -0.2) is 55.0 Å². The van der Waals surface area contributed by atoms with Gasteiger partial charge in [0.25, 0.3) is 0 Å². The maximum Gasteiger partial charge on any atom is 0.411 e. The van der Waals surface area contributed by atoms with Crippen LogP contribution >= 0.6 is 0 Å². The van der Waals surface area contributed by atoms with E-state index in [1.54, 1.807) is 0 Å². The molecule has 1 atom stereocenters. The van der Waals surface area contributed by atoms with E-state index in [-0.39, 0.29) is 12.5 Å². The highest BCUT2D eigenvalue weighted by Gasteiger charge is 2.28. The van der Waals surface area contributed by atoms with Gasteiger partial charge in [0.05, 0.1) is 5.92 Å². The fourth-order valence-corrected chi connectivity index (χ4v) is 1.82. The maximum atomic E-state index is 11.7. The molecule has 1 N–H and O–H groups in total. The van der Waals surface area contributed by atoms with E-state index in [4.69, 9.17) is 5.11 Å². The van der Waals surface area contributed by atoms with Crippen LogP contribution in [0.25, 0.3) is 0 Å². The first-order valence-electron chi connectivity index (χ1n) is 5.48. The van der Waals surface area contributed by atoms with Gasteiger partial charge in [-0.25, -0.2) is 0 Å². The number of hydrogen-bond acceptors (Lipinski definition) is 3. The van der Waals surface area contributed by atoms with Crippen LogP contribution in [0, 0.1) is 5.92 Å². The second-order valence-electron chi connectivity index (χ2n) is 4.15. The van der Waals surface area contributed by atoms with Crippen LogP contribution in [0.2, 0.25) is 0 Å². The highest BCUT2D eigenvalue weighted by atomic mass is 19.4. The Morgan fingerprint density at radius 2 is 2.18 bits per heavy atom. The zero-order valence-electron chi connectivity index (χ0n) is 9.37. The lowest BCUT2D eigenvalue weighted by Crippen LogP contribution is -2.25. The predicted molar refractivity (Wildman–Crippen MR) is 53.7 cm³/mol. The van der Waals surface area contributed by atoms with Crippen molar-refractivity contribution >= 4 is 5.97 Å². The normalized spacial score (nSPS) is 21.9. The Morgan fingerprint density at radius 3 is 2.71 bits per heavy atom. The molecule has 0 radical (unpaired) electrons. The lowest BCUT2D eigenvalue weighted by Gasteiger charge is -2.15. The molecule has 0 aliphatic carbocycles. The molecule has 100 valence electrons. The number of aliphatic carboxylic acids is 1. The number of rotatable bonds is 6. The van der Waals surface area contributed by atoms with E-state index in [2.05, 4.69) is 4.74 Å². The average Bonchev–Trinajstić information content (AvgIpc) is 2.64. The summed E-state index contributed by atoms with van der Waals surface area (Å²) in [7, 11) is 0. The van der Waals surface area contributed by atoms with Crippen LogP contribution in [-0.2, 0) is 9.53 Å². The summed E-state index contributed by atoms with van der Waals surface area (Å²) in [5, 5.41) is 8.75. The summed E-state index contributed by atoms with van der Waals surface area (Å²) in [6, 6.07) is 0. The van der Waals surface area contributed by atoms with Crippen molar-refractivity contribution in [3.63, 3.8) is 0 Å². The van der Waals surface area contributed by atoms with Crippen molar-refractivity contribution in [1.29, 1.82) is 0 Å². The lowest BCUT2D eigenvalue weighted by molar-refractivity contribution is -0.174. The van der Waals surface area contributed by atoms with Crippen molar-refractivity contribution in [2.75, 3.05) is 32.8 Å². The number of alkyl halides is 3. The minimum atomic E-state index is -4.28. The number of carboxylic acids is 1. The largest absolute Gasteiger partial charge is 0.481 e. The molecule has 1 aliphatic rings. The third-order valence-electron chi connectivity index (χ3n) is 2.65. The molecule has 0 amide bonds. The number of ether oxygens (including phenoxy) is 1. The first-order chi connectivity index (χ1) is 7.88. The lowest BCUT2D eigenvalue weighted by atomic mass is 10.1. The highest BCUT2D eigenvalue weighted by Crippen LogP contribution is 2.17. The van der Waals surface area contributed by atoms with Gasteiger partial charge < -0.3 is 14.7 Å². The highest BCUT2D eigenvalue weighted by molar-refractivity contribution is 5.70. The monoisotopic (exact) mass is 255 g/mol. The number of likely N-dealkylation sites (tertiary alicyclic amines) is 1. The van der Waals surface area contributed by atoms with E-state index in [9.17, 15) is 18.0 Å². The molecule has 0 aromatic rings. The minimum absolute atomic E-state index is 0.0494. The van der Waals surface area contributed by atoms with E-state index in [0.29, 0.717) is 32.5 Å². The van der Waals surface area contributed by atoms with Gasteiger partial charge in [-0.05, 0) is 19.4 Å². The molecule has 1 aliphatic heterocycles. The van der Waals surface area contributed by atoms with Gasteiger partial charge in [0.1, 0.15) is 6.61 Å². The van der Waals surface area contributed by atoms with Crippen molar-refractivity contribution in [2.24, 2.45) is 5.92 Å². The molecule has 17 heavy (non-hydrogen) atoms. The molecule has 1 unspecified atom stereocenters. The SMILES string of the molecule is O=C(O)C1CCN(CCCOCC(F)(F)F)C1. The quantitative estimate of drug-likeness (QED) is 0.728. The molecule has 1 rings (SSSR count). The fraction of sp³-hybridized carbons (Fsp3) is 0.900. The second kappa shape index (κ2) is 6.20. The molecule has 4 nitrogen and oxygen atoms in total. The third kappa shape index (κ3) is 5.88. The standard InChI is InChI=1S/C10H16F3NO3/c11-10(12,13)7-17-5-1-3-14-4-2-8(6-14)9(15)16/h8H,1-7H2,(H,15,16). The zero-order valence-corrected chi connectivity index (χ0v) is 9.37. The number of carboxylic acid groups (broad SMARTS) is 1. The van der Waals surface area contributed by atoms with Crippen molar-refractivity contribution in [3.05, 3.63) is 0 Å². The molecule has 0 aromatic heterocycles. The molecule has 0 aromatic carbocycles. The van der Waals surface area contributed by atoms with E-state index in [1.807, 2.05) is 4.90 Å². The van der Waals surface area contributed by atoms with Gasteiger partial charge in [0.2, 0.25) is 0 Å². The summed E-state index contributed by atoms with van der Waals surface area (Å²) >= 11 is 0. The Labute approximate surface area is 97.3 Å². The van der Waals surface area contributed by atoms with Gasteiger partial charge in [-0.15, -0.1) is 0 Å². The van der Waals surface area contributed by atoms with Gasteiger partial charge in [0, 0.05) is 19.7 Å². The van der Waals surface area contributed by atoms with E-state index in [0.717, 1.165) is 0 Å². The van der Waals surface area contributed by atoms with E-state index in [1.165, 1.54) is 0 Å². The van der Waals surface area contributed by atoms with Crippen LogP contribution in [0.5, 0.6) is 0 Å². The van der Waals surface area contributed by atoms with Crippen LogP contribution < -0.4 is 0 Å². The van der Waals surface area contributed by atoms with Gasteiger partial charge in [0.15, 0.2) is 0 Å². The Hall–Kier alpha value is -0.820. The fourth-order valence-electron chi connectivity index (χ4n) is 1.82. The number of halogens is 3. The zero-order chi connectivity index (χ0) is 12.9. The molecular formula is C10H16F3NO3. The second-order valence-corrected chi connectivity index (χ2v) is 4.15.